The Kier molecular flexibility index (Phi) is 19.4. The van der Waals surface area contributed by atoms with Crippen molar-refractivity contribution in [2.45, 2.75) is 27.2 Å². The molecule has 0 aromatic rings. The minimum absolute atomic E-state index is 1.25. The Labute approximate surface area is 58.0 Å². The van der Waals surface area contributed by atoms with Crippen LogP contribution in [-0.2, 0) is 4.74 Å². The number of hydrogen-bond donors (Lipinski definition) is 0. The molecule has 54 valence electrons. The van der Waals surface area contributed by atoms with Crippen LogP contribution in [0.15, 0.2) is 25.2 Å². The lowest BCUT2D eigenvalue weighted by molar-refractivity contribution is 0.404. The molecule has 0 aliphatic carbocycles. The first-order chi connectivity index (χ1) is 4.33. The molecule has 0 unspecified atom stereocenters. The molecule has 0 fully saturated rings. The molecule has 0 atom stereocenters. The zero-order valence-corrected chi connectivity index (χ0v) is 6.55. The lowest BCUT2D eigenvalue weighted by Crippen LogP contribution is -1.56. The van der Waals surface area contributed by atoms with Gasteiger partial charge in [-0.2, -0.15) is 0 Å². The quantitative estimate of drug-likeness (QED) is 0.519. The van der Waals surface area contributed by atoms with Gasteiger partial charge in [0.05, 0.1) is 12.5 Å². The number of rotatable bonds is 2. The van der Waals surface area contributed by atoms with Crippen LogP contribution in [0.1, 0.15) is 27.2 Å². The van der Waals surface area contributed by atoms with Crippen molar-refractivity contribution in [1.29, 1.82) is 0 Å². The van der Waals surface area contributed by atoms with Gasteiger partial charge in [-0.05, 0) is 6.92 Å². The summed E-state index contributed by atoms with van der Waals surface area (Å²) in [5, 5.41) is 0. The maximum atomic E-state index is 4.57. The minimum atomic E-state index is 1.25. The van der Waals surface area contributed by atoms with Gasteiger partial charge in [-0.15, -0.1) is 0 Å². The summed E-state index contributed by atoms with van der Waals surface area (Å²) in [6.45, 7) is 9.45. The van der Waals surface area contributed by atoms with Crippen molar-refractivity contribution in [3.8, 4) is 0 Å². The summed E-state index contributed by atoms with van der Waals surface area (Å²) in [4.78, 5) is 0. The van der Waals surface area contributed by atoms with E-state index in [9.17, 15) is 0 Å². The molecule has 0 rings (SSSR count). The van der Waals surface area contributed by atoms with E-state index in [2.05, 4.69) is 25.2 Å². The highest BCUT2D eigenvalue weighted by Gasteiger charge is 1.53. The third kappa shape index (κ3) is 39.0. The Bertz CT molecular complexity index is 65.0. The molecule has 0 aliphatic heterocycles. The van der Waals surface area contributed by atoms with Gasteiger partial charge in [0.25, 0.3) is 0 Å². The van der Waals surface area contributed by atoms with E-state index < -0.39 is 0 Å². The minimum Gasteiger partial charge on any atom is -0.474 e. The van der Waals surface area contributed by atoms with Gasteiger partial charge in [0, 0.05) is 0 Å². The van der Waals surface area contributed by atoms with Gasteiger partial charge in [-0.1, -0.05) is 32.9 Å². The monoisotopic (exact) mass is 128 g/mol. The second-order valence-electron chi connectivity index (χ2n) is 1.48. The van der Waals surface area contributed by atoms with Gasteiger partial charge in [0.15, 0.2) is 0 Å². The lowest BCUT2D eigenvalue weighted by atomic mass is 10.6. The summed E-state index contributed by atoms with van der Waals surface area (Å²) in [5.41, 5.74) is 0. The second-order valence-corrected chi connectivity index (χ2v) is 1.48. The van der Waals surface area contributed by atoms with Crippen LogP contribution in [0.2, 0.25) is 0 Å². The fraction of sp³-hybridized carbons (Fsp3) is 0.500. The summed E-state index contributed by atoms with van der Waals surface area (Å²) >= 11 is 0. The third-order valence-electron chi connectivity index (χ3n) is 0.311. The van der Waals surface area contributed by atoms with Gasteiger partial charge in [0.2, 0.25) is 0 Å². The maximum Gasteiger partial charge on any atom is 0.0858 e. The molecule has 0 saturated carbocycles. The van der Waals surface area contributed by atoms with Crippen molar-refractivity contribution < 1.29 is 4.74 Å². The average molecular weight is 128 g/mol. The van der Waals surface area contributed by atoms with Crippen LogP contribution in [0.5, 0.6) is 0 Å². The van der Waals surface area contributed by atoms with E-state index in [4.69, 9.17) is 0 Å². The maximum absolute atomic E-state index is 4.57. The summed E-state index contributed by atoms with van der Waals surface area (Å²) in [7, 11) is 0. The predicted octanol–water partition coefficient (Wildman–Crippen LogP) is 3.10. The zero-order chi connectivity index (χ0) is 7.54. The van der Waals surface area contributed by atoms with Crippen LogP contribution in [0.4, 0.5) is 0 Å². The molecule has 0 aliphatic rings. The molecule has 1 nitrogen and oxygen atoms in total. The fourth-order valence-electron chi connectivity index (χ4n) is 0.134. The summed E-state index contributed by atoms with van der Waals surface area (Å²) in [6, 6.07) is 0. The first-order valence-electron chi connectivity index (χ1n) is 3.20. The van der Waals surface area contributed by atoms with E-state index in [1.54, 1.807) is 12.3 Å². The van der Waals surface area contributed by atoms with Crippen molar-refractivity contribution in [2.24, 2.45) is 0 Å². The van der Waals surface area contributed by atoms with E-state index in [1.165, 1.54) is 12.7 Å². The molecule has 0 bridgehead atoms. The number of ether oxygens (including phenoxy) is 1. The molecule has 0 aromatic carbocycles. The number of hydrogen-bond acceptors (Lipinski definition) is 1. The van der Waals surface area contributed by atoms with Gasteiger partial charge < -0.3 is 4.74 Å². The number of allylic oxidation sites excluding steroid dienone is 1. The van der Waals surface area contributed by atoms with Gasteiger partial charge in [-0.25, -0.2) is 0 Å². The van der Waals surface area contributed by atoms with Gasteiger partial charge in [-0.3, -0.25) is 0 Å². The molecule has 0 spiro atoms. The second kappa shape index (κ2) is 15.7. The molecule has 0 N–H and O–H groups in total. The zero-order valence-electron chi connectivity index (χ0n) is 6.55. The normalized spacial score (nSPS) is 7.89. The molecule has 0 saturated heterocycles. The lowest BCUT2D eigenvalue weighted by Gasteiger charge is -1.79. The molecular weight excluding hydrogens is 112 g/mol. The van der Waals surface area contributed by atoms with Crippen LogP contribution in [-0.4, -0.2) is 0 Å². The molecule has 0 aromatic heterocycles. The standard InChI is InChI=1S/C5H8O.C3H8/c1-3-5-6-4-2;1-3-2/h3-5H,2H2,1H3;3H2,1-2H3/b5-3-;. The first-order valence-corrected chi connectivity index (χ1v) is 3.20. The Balaban J connectivity index is 0. The average Bonchev–Trinajstić information content (AvgIpc) is 1.86. The van der Waals surface area contributed by atoms with E-state index in [-0.39, 0.29) is 0 Å². The molecule has 9 heavy (non-hydrogen) atoms. The van der Waals surface area contributed by atoms with Crippen molar-refractivity contribution in [2.75, 3.05) is 0 Å². The van der Waals surface area contributed by atoms with Crippen LogP contribution in [0.3, 0.4) is 0 Å². The van der Waals surface area contributed by atoms with Gasteiger partial charge in [0.1, 0.15) is 0 Å². The first kappa shape index (κ1) is 11.1. The van der Waals surface area contributed by atoms with Crippen LogP contribution >= 0.6 is 0 Å². The van der Waals surface area contributed by atoms with E-state index >= 15 is 0 Å². The summed E-state index contributed by atoms with van der Waals surface area (Å²) < 4.78 is 4.57. The van der Waals surface area contributed by atoms with Crippen LogP contribution < -0.4 is 0 Å². The van der Waals surface area contributed by atoms with E-state index in [1.807, 2.05) is 6.92 Å². The molecule has 0 amide bonds. The van der Waals surface area contributed by atoms with E-state index in [0.29, 0.717) is 0 Å². The van der Waals surface area contributed by atoms with Gasteiger partial charge >= 0.3 is 0 Å². The van der Waals surface area contributed by atoms with Crippen LogP contribution in [0.25, 0.3) is 0 Å². The Morgan fingerprint density at radius 2 is 1.89 bits per heavy atom. The largest absolute Gasteiger partial charge is 0.474 e. The van der Waals surface area contributed by atoms with Crippen molar-refractivity contribution in [3.63, 3.8) is 0 Å². The topological polar surface area (TPSA) is 9.23 Å². The molecule has 0 radical (unpaired) electrons. The van der Waals surface area contributed by atoms with Crippen molar-refractivity contribution in [3.05, 3.63) is 25.2 Å². The highest BCUT2D eigenvalue weighted by Crippen LogP contribution is 1.72. The predicted molar refractivity (Wildman–Crippen MR) is 42.1 cm³/mol. The highest BCUT2D eigenvalue weighted by molar-refractivity contribution is 4.68. The summed E-state index contributed by atoms with van der Waals surface area (Å²) in [6.07, 6.45) is 5.98. The molecule has 1 heteroatoms. The smallest absolute Gasteiger partial charge is 0.0858 e. The highest BCUT2D eigenvalue weighted by atomic mass is 16.5. The van der Waals surface area contributed by atoms with Crippen LogP contribution in [0, 0.1) is 0 Å². The van der Waals surface area contributed by atoms with Crippen molar-refractivity contribution >= 4 is 0 Å². The Morgan fingerprint density at radius 1 is 1.44 bits per heavy atom. The summed E-state index contributed by atoms with van der Waals surface area (Å²) in [5.74, 6) is 0. The Hall–Kier alpha value is -0.720. The molecular formula is C8H16O. The SMILES string of the molecule is C=CO/C=C\C.CCC. The van der Waals surface area contributed by atoms with E-state index in [0.717, 1.165) is 0 Å². The Morgan fingerprint density at radius 3 is 2.00 bits per heavy atom. The third-order valence-corrected chi connectivity index (χ3v) is 0.311. The van der Waals surface area contributed by atoms with Crippen molar-refractivity contribution in [1.82, 2.24) is 0 Å². The fourth-order valence-corrected chi connectivity index (χ4v) is 0.134. The molecule has 0 heterocycles.